The average Bonchev–Trinajstić information content (AvgIpc) is 3.04. The van der Waals surface area contributed by atoms with Crippen LogP contribution in [0.1, 0.15) is 11.1 Å². The molecule has 0 saturated carbocycles. The molecule has 0 unspecified atom stereocenters. The Bertz CT molecular complexity index is 978. The minimum atomic E-state index is -1.26. The molecule has 0 bridgehead atoms. The second kappa shape index (κ2) is 6.85. The van der Waals surface area contributed by atoms with Crippen molar-refractivity contribution in [2.24, 2.45) is 0 Å². The van der Waals surface area contributed by atoms with Crippen molar-refractivity contribution in [3.05, 3.63) is 77.5 Å². The molecule has 0 radical (unpaired) electrons. The molecule has 0 aliphatic heterocycles. The Labute approximate surface area is 145 Å². The van der Waals surface area contributed by atoms with Gasteiger partial charge in [-0.05, 0) is 25.1 Å². The monoisotopic (exact) mass is 329 g/mol. The van der Waals surface area contributed by atoms with Crippen LogP contribution in [0.2, 0.25) is 0 Å². The van der Waals surface area contributed by atoms with E-state index in [1.54, 1.807) is 16.9 Å². The summed E-state index contributed by atoms with van der Waals surface area (Å²) in [4.78, 5) is 11.2. The Morgan fingerprint density at radius 2 is 1.84 bits per heavy atom. The van der Waals surface area contributed by atoms with Gasteiger partial charge in [0.1, 0.15) is 11.6 Å². The molecule has 0 aliphatic rings. The van der Waals surface area contributed by atoms with Crippen LogP contribution in [0, 0.1) is 18.3 Å². The first-order valence-electron chi connectivity index (χ1n) is 7.65. The summed E-state index contributed by atoms with van der Waals surface area (Å²) in [5.74, 6) is -1.26. The van der Waals surface area contributed by atoms with Crippen LogP contribution >= 0.6 is 0 Å². The first kappa shape index (κ1) is 16.2. The van der Waals surface area contributed by atoms with Gasteiger partial charge in [-0.2, -0.15) is 10.4 Å². The van der Waals surface area contributed by atoms with E-state index in [-0.39, 0.29) is 5.57 Å². The lowest BCUT2D eigenvalue weighted by atomic mass is 10.0. The van der Waals surface area contributed by atoms with Gasteiger partial charge >= 0.3 is 5.97 Å². The van der Waals surface area contributed by atoms with Gasteiger partial charge in [0, 0.05) is 17.3 Å². The van der Waals surface area contributed by atoms with Crippen molar-refractivity contribution in [2.75, 3.05) is 0 Å². The Balaban J connectivity index is 2.18. The van der Waals surface area contributed by atoms with E-state index >= 15 is 0 Å². The molecule has 5 heteroatoms. The summed E-state index contributed by atoms with van der Waals surface area (Å²) in [6, 6.07) is 19.0. The lowest BCUT2D eigenvalue weighted by Gasteiger charge is -2.01. The average molecular weight is 329 g/mol. The molecule has 0 amide bonds. The number of carboxylic acid groups (broad SMARTS) is 1. The van der Waals surface area contributed by atoms with Gasteiger partial charge in [0.2, 0.25) is 0 Å². The number of carboxylic acids is 1. The third-order valence-corrected chi connectivity index (χ3v) is 3.74. The van der Waals surface area contributed by atoms with Crippen LogP contribution in [0.25, 0.3) is 23.0 Å². The van der Waals surface area contributed by atoms with Crippen LogP contribution < -0.4 is 0 Å². The molecular formula is C20H15N3O2. The Hall–Kier alpha value is -3.65. The lowest BCUT2D eigenvalue weighted by molar-refractivity contribution is -0.132. The zero-order chi connectivity index (χ0) is 17.8. The van der Waals surface area contributed by atoms with Gasteiger partial charge in [0.25, 0.3) is 0 Å². The minimum Gasteiger partial charge on any atom is -0.477 e. The van der Waals surface area contributed by atoms with E-state index in [1.807, 2.05) is 61.5 Å². The number of para-hydroxylation sites is 1. The van der Waals surface area contributed by atoms with Gasteiger partial charge in [0.15, 0.2) is 0 Å². The second-order valence-corrected chi connectivity index (χ2v) is 5.55. The summed E-state index contributed by atoms with van der Waals surface area (Å²) < 4.78 is 1.68. The van der Waals surface area contributed by atoms with Crippen LogP contribution in [0.4, 0.5) is 0 Å². The Morgan fingerprint density at radius 3 is 2.44 bits per heavy atom. The third kappa shape index (κ3) is 3.48. The first-order valence-corrected chi connectivity index (χ1v) is 7.65. The Morgan fingerprint density at radius 1 is 1.16 bits per heavy atom. The number of nitriles is 1. The molecule has 0 spiro atoms. The molecule has 2 aromatic carbocycles. The summed E-state index contributed by atoms with van der Waals surface area (Å²) in [5, 5.41) is 22.8. The van der Waals surface area contributed by atoms with Crippen molar-refractivity contribution >= 4 is 12.0 Å². The van der Waals surface area contributed by atoms with Gasteiger partial charge in [-0.3, -0.25) is 0 Å². The zero-order valence-corrected chi connectivity index (χ0v) is 13.5. The normalized spacial score (nSPS) is 11.1. The maximum Gasteiger partial charge on any atom is 0.346 e. The van der Waals surface area contributed by atoms with Crippen molar-refractivity contribution in [3.8, 4) is 23.0 Å². The van der Waals surface area contributed by atoms with Gasteiger partial charge in [0.05, 0.1) is 11.4 Å². The van der Waals surface area contributed by atoms with Crippen LogP contribution in [0.15, 0.2) is 66.4 Å². The number of hydrogen-bond acceptors (Lipinski definition) is 3. The standard InChI is InChI=1S/C20H15N3O2/c1-14-7-9-15(10-8-14)19-17(11-16(12-21)20(24)25)13-23(22-19)18-5-3-2-4-6-18/h2-11,13H,1H3,(H,24,25)/b16-11+. The van der Waals surface area contributed by atoms with Crippen LogP contribution in [-0.4, -0.2) is 20.9 Å². The highest BCUT2D eigenvalue weighted by Gasteiger charge is 2.14. The van der Waals surface area contributed by atoms with E-state index in [9.17, 15) is 4.79 Å². The van der Waals surface area contributed by atoms with Crippen LogP contribution in [0.3, 0.4) is 0 Å². The molecule has 0 aliphatic carbocycles. The van der Waals surface area contributed by atoms with Crippen molar-refractivity contribution in [3.63, 3.8) is 0 Å². The van der Waals surface area contributed by atoms with Gasteiger partial charge in [-0.15, -0.1) is 0 Å². The van der Waals surface area contributed by atoms with Crippen molar-refractivity contribution in [2.45, 2.75) is 6.92 Å². The molecule has 5 nitrogen and oxygen atoms in total. The predicted molar refractivity (Wildman–Crippen MR) is 95.0 cm³/mol. The first-order chi connectivity index (χ1) is 12.1. The number of hydrogen-bond donors (Lipinski definition) is 1. The fourth-order valence-corrected chi connectivity index (χ4v) is 2.44. The molecule has 1 N–H and O–H groups in total. The molecule has 3 rings (SSSR count). The van der Waals surface area contributed by atoms with Crippen LogP contribution in [-0.2, 0) is 4.79 Å². The predicted octanol–water partition coefficient (Wildman–Crippen LogP) is 3.84. The number of carbonyl (C=O) groups is 1. The number of aromatic nitrogens is 2. The minimum absolute atomic E-state index is 0.332. The maximum absolute atomic E-state index is 11.2. The molecule has 25 heavy (non-hydrogen) atoms. The molecule has 1 heterocycles. The van der Waals surface area contributed by atoms with Crippen molar-refractivity contribution in [1.29, 1.82) is 5.26 Å². The van der Waals surface area contributed by atoms with E-state index in [0.717, 1.165) is 16.8 Å². The largest absolute Gasteiger partial charge is 0.477 e. The van der Waals surface area contributed by atoms with E-state index in [0.29, 0.717) is 11.3 Å². The van der Waals surface area contributed by atoms with E-state index in [2.05, 4.69) is 5.10 Å². The molecule has 0 saturated heterocycles. The van der Waals surface area contributed by atoms with E-state index < -0.39 is 5.97 Å². The summed E-state index contributed by atoms with van der Waals surface area (Å²) in [7, 11) is 0. The van der Waals surface area contributed by atoms with Gasteiger partial charge < -0.3 is 5.11 Å². The van der Waals surface area contributed by atoms with Crippen LogP contribution in [0.5, 0.6) is 0 Å². The lowest BCUT2D eigenvalue weighted by Crippen LogP contribution is -1.97. The maximum atomic E-state index is 11.2. The van der Waals surface area contributed by atoms with E-state index in [4.69, 9.17) is 10.4 Å². The van der Waals surface area contributed by atoms with Crippen molar-refractivity contribution in [1.82, 2.24) is 9.78 Å². The second-order valence-electron chi connectivity index (χ2n) is 5.55. The molecule has 0 atom stereocenters. The highest BCUT2D eigenvalue weighted by Crippen LogP contribution is 2.26. The summed E-state index contributed by atoms with van der Waals surface area (Å²) in [5.41, 5.74) is 3.69. The molecule has 0 fully saturated rings. The molecular weight excluding hydrogens is 314 g/mol. The SMILES string of the molecule is Cc1ccc(-c2nn(-c3ccccc3)cc2/C=C(\C#N)C(=O)O)cc1. The number of nitrogens with zero attached hydrogens (tertiary/aromatic N) is 3. The summed E-state index contributed by atoms with van der Waals surface area (Å²) >= 11 is 0. The number of aryl methyl sites for hydroxylation is 1. The quantitative estimate of drug-likeness (QED) is 0.582. The Kier molecular flexibility index (Phi) is 4.44. The number of aliphatic carboxylic acids is 1. The van der Waals surface area contributed by atoms with Gasteiger partial charge in [-0.25, -0.2) is 9.48 Å². The fourth-order valence-electron chi connectivity index (χ4n) is 2.44. The highest BCUT2D eigenvalue weighted by atomic mass is 16.4. The highest BCUT2D eigenvalue weighted by molar-refractivity contribution is 5.97. The van der Waals surface area contributed by atoms with E-state index in [1.165, 1.54) is 6.08 Å². The topological polar surface area (TPSA) is 78.9 Å². The fraction of sp³-hybridized carbons (Fsp3) is 0.0500. The zero-order valence-electron chi connectivity index (χ0n) is 13.5. The summed E-state index contributed by atoms with van der Waals surface area (Å²) in [6.45, 7) is 1.99. The summed E-state index contributed by atoms with van der Waals surface area (Å²) in [6.07, 6.45) is 3.08. The number of benzene rings is 2. The number of rotatable bonds is 4. The smallest absolute Gasteiger partial charge is 0.346 e. The molecule has 1 aromatic heterocycles. The molecule has 3 aromatic rings. The molecule has 122 valence electrons. The van der Waals surface area contributed by atoms with Crippen molar-refractivity contribution < 1.29 is 9.90 Å². The van der Waals surface area contributed by atoms with Gasteiger partial charge in [-0.1, -0.05) is 48.0 Å². The third-order valence-electron chi connectivity index (χ3n) is 3.74.